The van der Waals surface area contributed by atoms with Gasteiger partial charge in [0.15, 0.2) is 0 Å². The van der Waals surface area contributed by atoms with Crippen molar-refractivity contribution >= 4 is 17.6 Å². The van der Waals surface area contributed by atoms with Gasteiger partial charge in [-0.1, -0.05) is 0 Å². The van der Waals surface area contributed by atoms with Crippen molar-refractivity contribution in [3.8, 4) is 0 Å². The number of H-pyrrole nitrogens is 1. The number of methoxy groups -OCH3 is 1. The van der Waals surface area contributed by atoms with E-state index in [9.17, 15) is 15.0 Å². The molecule has 0 aliphatic carbocycles. The number of alkyl halides is 1. The second-order valence-corrected chi connectivity index (χ2v) is 3.17. The van der Waals surface area contributed by atoms with Gasteiger partial charge in [-0.25, -0.2) is 4.79 Å². The minimum atomic E-state index is -1.27. The van der Waals surface area contributed by atoms with Gasteiger partial charge in [-0.3, -0.25) is 5.10 Å². The summed E-state index contributed by atoms with van der Waals surface area (Å²) >= 11 is 5.37. The number of hydrogen-bond donors (Lipinski definition) is 3. The molecule has 0 bridgehead atoms. The van der Waals surface area contributed by atoms with Gasteiger partial charge in [0.05, 0.1) is 25.3 Å². The average Bonchev–Trinajstić information content (AvgIpc) is 2.74. The second-order valence-electron chi connectivity index (χ2n) is 2.86. The number of aromatic nitrogens is 2. The molecular weight excluding hydrogens is 224 g/mol. The van der Waals surface area contributed by atoms with Crippen LogP contribution in [0.15, 0.2) is 6.20 Å². The Morgan fingerprint density at radius 1 is 1.73 bits per heavy atom. The number of nitrogens with one attached hydrogen (secondary N) is 1. The van der Waals surface area contributed by atoms with E-state index < -0.39 is 18.2 Å². The second kappa shape index (κ2) is 5.11. The highest BCUT2D eigenvalue weighted by Gasteiger charge is 2.25. The smallest absolute Gasteiger partial charge is 0.356 e. The fraction of sp³-hybridized carbons (Fsp3) is 0.500. The molecule has 0 fully saturated rings. The highest BCUT2D eigenvalue weighted by atomic mass is 35.5. The predicted molar refractivity (Wildman–Crippen MR) is 51.6 cm³/mol. The molecule has 0 amide bonds. The van der Waals surface area contributed by atoms with Crippen LogP contribution in [0.4, 0.5) is 0 Å². The minimum Gasteiger partial charge on any atom is -0.464 e. The van der Waals surface area contributed by atoms with Crippen molar-refractivity contribution < 1.29 is 19.7 Å². The number of halogens is 1. The Hall–Kier alpha value is -1.11. The van der Waals surface area contributed by atoms with Gasteiger partial charge >= 0.3 is 5.97 Å². The van der Waals surface area contributed by atoms with Crippen molar-refractivity contribution in [1.82, 2.24) is 10.2 Å². The van der Waals surface area contributed by atoms with E-state index in [1.54, 1.807) is 0 Å². The molecule has 3 N–H and O–H groups in total. The predicted octanol–water partition coefficient (Wildman–Crippen LogP) is -0.171. The summed E-state index contributed by atoms with van der Waals surface area (Å²) in [7, 11) is 1.21. The van der Waals surface area contributed by atoms with Crippen LogP contribution in [-0.4, -0.2) is 45.5 Å². The van der Waals surface area contributed by atoms with E-state index in [1.165, 1.54) is 13.3 Å². The topological polar surface area (TPSA) is 95.4 Å². The van der Waals surface area contributed by atoms with Crippen molar-refractivity contribution in [2.24, 2.45) is 0 Å². The highest BCUT2D eigenvalue weighted by Crippen LogP contribution is 2.20. The quantitative estimate of drug-likeness (QED) is 0.497. The number of aromatic amines is 1. The first-order valence-electron chi connectivity index (χ1n) is 4.15. The van der Waals surface area contributed by atoms with E-state index in [1.807, 2.05) is 0 Å². The molecule has 15 heavy (non-hydrogen) atoms. The molecule has 84 valence electrons. The number of nitrogens with zero attached hydrogens (tertiary/aromatic N) is 1. The summed E-state index contributed by atoms with van der Waals surface area (Å²) < 4.78 is 4.46. The van der Waals surface area contributed by atoms with Crippen molar-refractivity contribution in [2.45, 2.75) is 12.2 Å². The van der Waals surface area contributed by atoms with Gasteiger partial charge < -0.3 is 14.9 Å². The zero-order chi connectivity index (χ0) is 11.4. The third kappa shape index (κ3) is 2.47. The molecule has 7 heteroatoms. The van der Waals surface area contributed by atoms with Gasteiger partial charge in [0.1, 0.15) is 11.8 Å². The number of carbonyl (C=O) groups is 1. The van der Waals surface area contributed by atoms with Crippen LogP contribution in [0, 0.1) is 0 Å². The average molecular weight is 235 g/mol. The van der Waals surface area contributed by atoms with Crippen molar-refractivity contribution in [2.75, 3.05) is 13.0 Å². The van der Waals surface area contributed by atoms with Gasteiger partial charge in [-0.2, -0.15) is 5.10 Å². The lowest BCUT2D eigenvalue weighted by molar-refractivity contribution is 0.0307. The first-order chi connectivity index (χ1) is 7.11. The summed E-state index contributed by atoms with van der Waals surface area (Å²) in [5.41, 5.74) is 0.171. The first kappa shape index (κ1) is 12.0. The molecule has 2 unspecified atom stereocenters. The zero-order valence-electron chi connectivity index (χ0n) is 7.98. The normalized spacial score (nSPS) is 14.7. The van der Waals surface area contributed by atoms with E-state index in [0.29, 0.717) is 0 Å². The van der Waals surface area contributed by atoms with Crippen LogP contribution in [0.3, 0.4) is 0 Å². The zero-order valence-corrected chi connectivity index (χ0v) is 8.73. The van der Waals surface area contributed by atoms with Gasteiger partial charge in [-0.05, 0) is 0 Å². The summed E-state index contributed by atoms with van der Waals surface area (Å²) in [6, 6.07) is 0. The number of ether oxygens (including phenoxy) is 1. The van der Waals surface area contributed by atoms with Crippen LogP contribution in [0.5, 0.6) is 0 Å². The number of rotatable bonds is 4. The maximum absolute atomic E-state index is 11.2. The van der Waals surface area contributed by atoms with Gasteiger partial charge in [0.2, 0.25) is 0 Å². The maximum Gasteiger partial charge on any atom is 0.356 e. The fourth-order valence-corrected chi connectivity index (χ4v) is 1.25. The number of aliphatic hydroxyl groups is 2. The Bertz CT molecular complexity index is 341. The SMILES string of the molecule is COC(=O)c1[nH]ncc1C(O)C(O)CCl. The molecule has 1 aromatic heterocycles. The molecule has 0 spiro atoms. The summed E-state index contributed by atoms with van der Waals surface area (Å²) in [4.78, 5) is 11.2. The van der Waals surface area contributed by atoms with Crippen LogP contribution in [0.1, 0.15) is 22.2 Å². The molecule has 1 rings (SSSR count). The number of hydrogen-bond acceptors (Lipinski definition) is 5. The summed E-state index contributed by atoms with van der Waals surface area (Å²) in [6.45, 7) is 0. The van der Waals surface area contributed by atoms with Crippen LogP contribution >= 0.6 is 11.6 Å². The highest BCUT2D eigenvalue weighted by molar-refractivity contribution is 6.18. The Balaban J connectivity index is 2.94. The molecule has 1 aromatic rings. The van der Waals surface area contributed by atoms with Crippen LogP contribution in [-0.2, 0) is 4.74 Å². The minimum absolute atomic E-state index is 0.00849. The third-order valence-electron chi connectivity index (χ3n) is 1.90. The number of aliphatic hydroxyl groups excluding tert-OH is 2. The molecule has 0 saturated carbocycles. The number of carbonyl (C=O) groups excluding carboxylic acids is 1. The van der Waals surface area contributed by atoms with Crippen molar-refractivity contribution in [3.63, 3.8) is 0 Å². The Morgan fingerprint density at radius 2 is 2.40 bits per heavy atom. The Labute approximate surface area is 90.8 Å². The van der Waals surface area contributed by atoms with E-state index >= 15 is 0 Å². The lowest BCUT2D eigenvalue weighted by atomic mass is 10.1. The van der Waals surface area contributed by atoms with E-state index in [4.69, 9.17) is 11.6 Å². The van der Waals surface area contributed by atoms with E-state index in [0.717, 1.165) is 0 Å². The molecule has 6 nitrogen and oxygen atoms in total. The molecule has 0 aliphatic rings. The van der Waals surface area contributed by atoms with Crippen molar-refractivity contribution in [1.29, 1.82) is 0 Å². The lowest BCUT2D eigenvalue weighted by Gasteiger charge is -2.14. The first-order valence-corrected chi connectivity index (χ1v) is 4.69. The number of esters is 1. The molecule has 0 radical (unpaired) electrons. The molecular formula is C8H11ClN2O4. The van der Waals surface area contributed by atoms with Crippen LogP contribution < -0.4 is 0 Å². The van der Waals surface area contributed by atoms with Crippen LogP contribution in [0.25, 0.3) is 0 Å². The van der Waals surface area contributed by atoms with Gasteiger partial charge in [-0.15, -0.1) is 11.6 Å². The monoisotopic (exact) mass is 234 g/mol. The Kier molecular flexibility index (Phi) is 4.07. The van der Waals surface area contributed by atoms with Crippen LogP contribution in [0.2, 0.25) is 0 Å². The maximum atomic E-state index is 11.2. The van der Waals surface area contributed by atoms with Crippen molar-refractivity contribution in [3.05, 3.63) is 17.5 Å². The molecule has 0 aromatic carbocycles. The van der Waals surface area contributed by atoms with Gasteiger partial charge in [0.25, 0.3) is 0 Å². The molecule has 1 heterocycles. The summed E-state index contributed by atoms with van der Waals surface area (Å²) in [5, 5.41) is 24.9. The summed E-state index contributed by atoms with van der Waals surface area (Å²) in [6.07, 6.45) is -1.19. The molecule has 0 saturated heterocycles. The largest absolute Gasteiger partial charge is 0.464 e. The molecule has 0 aliphatic heterocycles. The Morgan fingerprint density at radius 3 is 2.93 bits per heavy atom. The fourth-order valence-electron chi connectivity index (χ4n) is 1.08. The summed E-state index contributed by atoms with van der Waals surface area (Å²) in [5.74, 6) is -0.809. The van der Waals surface area contributed by atoms with E-state index in [-0.39, 0.29) is 17.1 Å². The molecule has 2 atom stereocenters. The standard InChI is InChI=1S/C8H11ClN2O4/c1-15-8(14)6-4(3-10-11-6)7(13)5(12)2-9/h3,5,7,12-13H,2H2,1H3,(H,10,11). The lowest BCUT2D eigenvalue weighted by Crippen LogP contribution is -2.21. The third-order valence-corrected chi connectivity index (χ3v) is 2.22. The van der Waals surface area contributed by atoms with Gasteiger partial charge in [0, 0.05) is 5.56 Å². The van der Waals surface area contributed by atoms with E-state index in [2.05, 4.69) is 14.9 Å².